The highest BCUT2D eigenvalue weighted by molar-refractivity contribution is 9.10. The van der Waals surface area contributed by atoms with Crippen LogP contribution in [0.15, 0.2) is 51.8 Å². The molecule has 0 aromatic heterocycles. The summed E-state index contributed by atoms with van der Waals surface area (Å²) >= 11 is 5.01. The summed E-state index contributed by atoms with van der Waals surface area (Å²) in [5, 5.41) is 3.53. The maximum atomic E-state index is 13.2. The van der Waals surface area contributed by atoms with Crippen molar-refractivity contribution in [2.75, 3.05) is 0 Å². The molecule has 0 saturated heterocycles. The Bertz CT molecular complexity index is 628. The molecular formula is C17H17BrFNS. The minimum absolute atomic E-state index is 0.211. The molecule has 0 amide bonds. The van der Waals surface area contributed by atoms with Gasteiger partial charge in [-0.25, -0.2) is 4.39 Å². The summed E-state index contributed by atoms with van der Waals surface area (Å²) in [5.41, 5.74) is 2.45. The second-order valence-corrected chi connectivity index (χ2v) is 7.24. The molecule has 4 heteroatoms. The molecule has 0 radical (unpaired) electrons. The largest absolute Gasteiger partial charge is 0.310 e. The normalized spacial score (nSPS) is 14.4. The molecule has 0 heterocycles. The van der Waals surface area contributed by atoms with Crippen LogP contribution in [0.4, 0.5) is 4.39 Å². The smallest absolute Gasteiger partial charge is 0.137 e. The maximum Gasteiger partial charge on any atom is 0.137 e. The fraction of sp³-hybridized carbons (Fsp3) is 0.294. The van der Waals surface area contributed by atoms with E-state index in [1.54, 1.807) is 11.8 Å². The fourth-order valence-corrected chi connectivity index (χ4v) is 3.44. The van der Waals surface area contributed by atoms with Crippen LogP contribution in [0.3, 0.4) is 0 Å². The van der Waals surface area contributed by atoms with Gasteiger partial charge >= 0.3 is 0 Å². The topological polar surface area (TPSA) is 12.0 Å². The van der Waals surface area contributed by atoms with Gasteiger partial charge in [0.1, 0.15) is 5.82 Å². The number of thioether (sulfide) groups is 1. The van der Waals surface area contributed by atoms with E-state index in [1.165, 1.54) is 29.4 Å². The van der Waals surface area contributed by atoms with Gasteiger partial charge in [0.05, 0.1) is 4.47 Å². The zero-order valence-corrected chi connectivity index (χ0v) is 14.0. The lowest BCUT2D eigenvalue weighted by Gasteiger charge is -2.07. The molecule has 21 heavy (non-hydrogen) atoms. The summed E-state index contributed by atoms with van der Waals surface area (Å²) in [6.45, 7) is 0.946. The van der Waals surface area contributed by atoms with Gasteiger partial charge in [-0.3, -0.25) is 0 Å². The van der Waals surface area contributed by atoms with Gasteiger partial charge in [0.2, 0.25) is 0 Å². The van der Waals surface area contributed by atoms with Crippen LogP contribution in [-0.4, -0.2) is 6.04 Å². The van der Waals surface area contributed by atoms with Gasteiger partial charge in [0.15, 0.2) is 0 Å². The molecule has 1 nitrogen and oxygen atoms in total. The summed E-state index contributed by atoms with van der Waals surface area (Å²) in [4.78, 5) is 1.26. The van der Waals surface area contributed by atoms with Crippen molar-refractivity contribution in [3.63, 3.8) is 0 Å². The highest BCUT2D eigenvalue weighted by atomic mass is 79.9. The average molecular weight is 366 g/mol. The van der Waals surface area contributed by atoms with E-state index < -0.39 is 0 Å². The Hall–Kier alpha value is -0.840. The molecule has 3 rings (SSSR count). The SMILES string of the molecule is Fc1ccc(CSc2cccc(CNC3CC3)c2)cc1Br. The molecule has 0 atom stereocenters. The first-order valence-corrected chi connectivity index (χ1v) is 8.87. The zero-order chi connectivity index (χ0) is 14.7. The van der Waals surface area contributed by atoms with Crippen molar-refractivity contribution >= 4 is 27.7 Å². The van der Waals surface area contributed by atoms with E-state index in [-0.39, 0.29) is 5.82 Å². The Kier molecular flexibility index (Phi) is 4.99. The Morgan fingerprint density at radius 1 is 1.14 bits per heavy atom. The quantitative estimate of drug-likeness (QED) is 0.711. The van der Waals surface area contributed by atoms with Crippen LogP contribution in [0.25, 0.3) is 0 Å². The van der Waals surface area contributed by atoms with Crippen molar-refractivity contribution in [2.45, 2.75) is 36.1 Å². The van der Waals surface area contributed by atoms with E-state index in [1.807, 2.05) is 12.1 Å². The highest BCUT2D eigenvalue weighted by Gasteiger charge is 2.19. The van der Waals surface area contributed by atoms with Gasteiger partial charge in [-0.1, -0.05) is 18.2 Å². The van der Waals surface area contributed by atoms with Gasteiger partial charge in [-0.2, -0.15) is 0 Å². The number of rotatable bonds is 6. The van der Waals surface area contributed by atoms with E-state index in [4.69, 9.17) is 0 Å². The van der Waals surface area contributed by atoms with Crippen LogP contribution in [0, 0.1) is 5.82 Å². The van der Waals surface area contributed by atoms with Crippen molar-refractivity contribution in [3.8, 4) is 0 Å². The zero-order valence-electron chi connectivity index (χ0n) is 11.6. The van der Waals surface area contributed by atoms with E-state index in [0.29, 0.717) is 4.47 Å². The van der Waals surface area contributed by atoms with E-state index >= 15 is 0 Å². The predicted molar refractivity (Wildman–Crippen MR) is 90.0 cm³/mol. The minimum atomic E-state index is -0.211. The third-order valence-corrected chi connectivity index (χ3v) is 5.13. The van der Waals surface area contributed by atoms with Crippen molar-refractivity contribution in [3.05, 3.63) is 63.9 Å². The fourth-order valence-electron chi connectivity index (χ4n) is 2.09. The van der Waals surface area contributed by atoms with Crippen LogP contribution < -0.4 is 5.32 Å². The van der Waals surface area contributed by atoms with Crippen molar-refractivity contribution in [1.29, 1.82) is 0 Å². The van der Waals surface area contributed by atoms with Crippen LogP contribution in [0.1, 0.15) is 24.0 Å². The standard InChI is InChI=1S/C17H17BrFNS/c18-16-9-13(4-7-17(16)19)11-21-15-3-1-2-12(8-15)10-20-14-5-6-14/h1-4,7-9,14,20H,5-6,10-11H2. The van der Waals surface area contributed by atoms with Crippen LogP contribution in [0.2, 0.25) is 0 Å². The van der Waals surface area contributed by atoms with Crippen molar-refractivity contribution < 1.29 is 4.39 Å². The van der Waals surface area contributed by atoms with E-state index in [0.717, 1.165) is 23.9 Å². The molecule has 2 aromatic rings. The Labute approximate surface area is 137 Å². The molecule has 1 N–H and O–H groups in total. The number of halogens is 2. The Morgan fingerprint density at radius 3 is 2.76 bits per heavy atom. The van der Waals surface area contributed by atoms with Crippen LogP contribution in [-0.2, 0) is 12.3 Å². The molecule has 1 aliphatic rings. The highest BCUT2D eigenvalue weighted by Crippen LogP contribution is 2.26. The monoisotopic (exact) mass is 365 g/mol. The minimum Gasteiger partial charge on any atom is -0.310 e. The van der Waals surface area contributed by atoms with E-state index in [2.05, 4.69) is 45.5 Å². The molecule has 0 aliphatic heterocycles. The average Bonchev–Trinajstić information content (AvgIpc) is 3.31. The van der Waals surface area contributed by atoms with Crippen molar-refractivity contribution in [1.82, 2.24) is 5.32 Å². The Morgan fingerprint density at radius 2 is 2.00 bits per heavy atom. The predicted octanol–water partition coefficient (Wildman–Crippen LogP) is 5.13. The summed E-state index contributed by atoms with van der Waals surface area (Å²) in [6.07, 6.45) is 2.63. The molecule has 0 unspecified atom stereocenters. The molecule has 2 aromatic carbocycles. The van der Waals surface area contributed by atoms with Gasteiger partial charge in [-0.05, 0) is 64.2 Å². The number of hydrogen-bond acceptors (Lipinski definition) is 2. The van der Waals surface area contributed by atoms with Gasteiger partial charge < -0.3 is 5.32 Å². The van der Waals surface area contributed by atoms with Crippen LogP contribution >= 0.6 is 27.7 Å². The van der Waals surface area contributed by atoms with Gasteiger partial charge in [0, 0.05) is 23.2 Å². The summed E-state index contributed by atoms with van der Waals surface area (Å²) in [6, 6.07) is 14.6. The lowest BCUT2D eigenvalue weighted by molar-refractivity contribution is 0.620. The third-order valence-electron chi connectivity index (χ3n) is 3.46. The first kappa shape index (κ1) is 15.1. The Balaban J connectivity index is 1.58. The molecule has 0 bridgehead atoms. The molecule has 1 saturated carbocycles. The first-order valence-electron chi connectivity index (χ1n) is 7.10. The van der Waals surface area contributed by atoms with Gasteiger partial charge in [0.25, 0.3) is 0 Å². The lowest BCUT2D eigenvalue weighted by Crippen LogP contribution is -2.15. The molecular weight excluding hydrogens is 349 g/mol. The first-order chi connectivity index (χ1) is 10.2. The maximum absolute atomic E-state index is 13.2. The number of hydrogen-bond donors (Lipinski definition) is 1. The third kappa shape index (κ3) is 4.56. The molecule has 1 aliphatic carbocycles. The van der Waals surface area contributed by atoms with Gasteiger partial charge in [-0.15, -0.1) is 11.8 Å². The number of nitrogens with one attached hydrogen (secondary N) is 1. The second-order valence-electron chi connectivity index (χ2n) is 5.34. The molecule has 1 fully saturated rings. The van der Waals surface area contributed by atoms with Crippen molar-refractivity contribution in [2.24, 2.45) is 0 Å². The second kappa shape index (κ2) is 6.95. The summed E-state index contributed by atoms with van der Waals surface area (Å²) < 4.78 is 13.7. The lowest BCUT2D eigenvalue weighted by atomic mass is 10.2. The number of benzene rings is 2. The molecule has 110 valence electrons. The van der Waals surface area contributed by atoms with Crippen LogP contribution in [0.5, 0.6) is 0 Å². The molecule has 0 spiro atoms. The van der Waals surface area contributed by atoms with E-state index in [9.17, 15) is 4.39 Å². The summed E-state index contributed by atoms with van der Waals surface area (Å²) in [5.74, 6) is 0.634. The summed E-state index contributed by atoms with van der Waals surface area (Å²) in [7, 11) is 0.